The second-order valence-corrected chi connectivity index (χ2v) is 11.5. The molecule has 0 atom stereocenters. The summed E-state index contributed by atoms with van der Waals surface area (Å²) >= 11 is 0. The fourth-order valence-corrected chi connectivity index (χ4v) is 5.36. The standard InChI is InChI=1S/C25H29N3.C3H8.C2H6/c1-23(2,3)22-27-18-11-9-8-10-15(18)21-26-19-12-16-17(13-20(19)28(21)22)25(6,7)14-24(16,4)5;1-3-2;1-2/h8-13H,14H2,1-7H3;3H2,1-2H3;1-2H3. The maximum Gasteiger partial charge on any atom is 0.148 e. The lowest BCUT2D eigenvalue weighted by molar-refractivity contribution is 0.403. The third kappa shape index (κ3) is 4.27. The molecule has 0 amide bonds. The molecule has 1 aliphatic rings. The monoisotopic (exact) mass is 445 g/mol. The molecule has 3 nitrogen and oxygen atoms in total. The zero-order valence-corrected chi connectivity index (χ0v) is 22.7. The Hall–Kier alpha value is -2.42. The second kappa shape index (κ2) is 8.74. The molecule has 178 valence electrons. The number of hydrogen-bond acceptors (Lipinski definition) is 2. The van der Waals surface area contributed by atoms with Crippen LogP contribution in [-0.4, -0.2) is 14.4 Å². The molecular weight excluding hydrogens is 402 g/mol. The molecule has 0 spiro atoms. The van der Waals surface area contributed by atoms with Crippen molar-refractivity contribution < 1.29 is 0 Å². The first-order valence-corrected chi connectivity index (χ1v) is 12.7. The molecule has 0 saturated carbocycles. The number of imidazole rings is 1. The molecule has 3 heteroatoms. The molecule has 5 rings (SSSR count). The zero-order chi connectivity index (χ0) is 24.8. The molecule has 0 bridgehead atoms. The fraction of sp³-hybridized carbons (Fsp3) is 0.533. The first kappa shape index (κ1) is 25.2. The summed E-state index contributed by atoms with van der Waals surface area (Å²) in [6, 6.07) is 13.1. The van der Waals surface area contributed by atoms with Crippen molar-refractivity contribution in [3.05, 3.63) is 53.3 Å². The topological polar surface area (TPSA) is 30.2 Å². The van der Waals surface area contributed by atoms with Crippen LogP contribution in [0, 0.1) is 0 Å². The van der Waals surface area contributed by atoms with E-state index in [0.29, 0.717) is 0 Å². The first-order valence-electron chi connectivity index (χ1n) is 12.7. The minimum absolute atomic E-state index is 0.0796. The summed E-state index contributed by atoms with van der Waals surface area (Å²) in [4.78, 5) is 10.2. The Morgan fingerprint density at radius 3 is 1.97 bits per heavy atom. The van der Waals surface area contributed by atoms with Gasteiger partial charge >= 0.3 is 0 Å². The molecule has 0 radical (unpaired) electrons. The SMILES string of the molecule is CC.CC(C)(C)c1nc2ccccc2c2nc3cc4c(cc3n12)C(C)(C)CC4(C)C.CCC. The Bertz CT molecular complexity index is 1280. The van der Waals surface area contributed by atoms with Gasteiger partial charge in [-0.3, -0.25) is 4.40 Å². The number of hydrogen-bond donors (Lipinski definition) is 0. The van der Waals surface area contributed by atoms with Gasteiger partial charge in [-0.1, -0.05) is 94.7 Å². The van der Waals surface area contributed by atoms with Gasteiger partial charge in [0.25, 0.3) is 0 Å². The van der Waals surface area contributed by atoms with Gasteiger partial charge in [0, 0.05) is 10.8 Å². The van der Waals surface area contributed by atoms with Gasteiger partial charge in [0.05, 0.1) is 16.6 Å². The number of para-hydroxylation sites is 1. The Balaban J connectivity index is 0.000000569. The molecule has 4 aromatic rings. The normalized spacial score (nSPS) is 16.2. The highest BCUT2D eigenvalue weighted by molar-refractivity contribution is 5.97. The van der Waals surface area contributed by atoms with E-state index in [1.807, 2.05) is 13.8 Å². The highest BCUT2D eigenvalue weighted by Gasteiger charge is 2.42. The fourth-order valence-electron chi connectivity index (χ4n) is 5.36. The highest BCUT2D eigenvalue weighted by atomic mass is 15.1. The van der Waals surface area contributed by atoms with E-state index >= 15 is 0 Å². The molecule has 0 N–H and O–H groups in total. The molecule has 0 aliphatic heterocycles. The van der Waals surface area contributed by atoms with E-state index in [2.05, 4.69) is 103 Å². The second-order valence-electron chi connectivity index (χ2n) is 11.5. The van der Waals surface area contributed by atoms with Crippen molar-refractivity contribution in [1.82, 2.24) is 14.4 Å². The van der Waals surface area contributed by atoms with Gasteiger partial charge in [0.1, 0.15) is 11.5 Å². The highest BCUT2D eigenvalue weighted by Crippen LogP contribution is 2.50. The number of benzene rings is 2. The van der Waals surface area contributed by atoms with Crippen molar-refractivity contribution in [2.75, 3.05) is 0 Å². The van der Waals surface area contributed by atoms with Crippen molar-refractivity contribution in [3.8, 4) is 0 Å². The average Bonchev–Trinajstić information content (AvgIpc) is 3.19. The van der Waals surface area contributed by atoms with E-state index in [-0.39, 0.29) is 16.2 Å². The third-order valence-electron chi connectivity index (χ3n) is 6.39. The maximum atomic E-state index is 5.13. The van der Waals surface area contributed by atoms with E-state index < -0.39 is 0 Å². The van der Waals surface area contributed by atoms with Crippen LogP contribution in [0.5, 0.6) is 0 Å². The van der Waals surface area contributed by atoms with Gasteiger partial charge < -0.3 is 0 Å². The molecule has 2 aromatic carbocycles. The Morgan fingerprint density at radius 2 is 1.39 bits per heavy atom. The van der Waals surface area contributed by atoms with Gasteiger partial charge in [-0.2, -0.15) is 0 Å². The zero-order valence-electron chi connectivity index (χ0n) is 22.7. The number of fused-ring (bicyclic) bond motifs is 6. The minimum atomic E-state index is -0.0796. The van der Waals surface area contributed by atoms with E-state index in [1.54, 1.807) is 0 Å². The van der Waals surface area contributed by atoms with Crippen molar-refractivity contribution in [3.63, 3.8) is 0 Å². The van der Waals surface area contributed by atoms with Gasteiger partial charge in [0.15, 0.2) is 0 Å². The lowest BCUT2D eigenvalue weighted by atomic mass is 9.82. The van der Waals surface area contributed by atoms with Crippen LogP contribution >= 0.6 is 0 Å². The van der Waals surface area contributed by atoms with Gasteiger partial charge in [-0.05, 0) is 52.6 Å². The molecule has 0 unspecified atom stereocenters. The third-order valence-corrected chi connectivity index (χ3v) is 6.39. The van der Waals surface area contributed by atoms with Crippen LogP contribution in [-0.2, 0) is 16.2 Å². The van der Waals surface area contributed by atoms with E-state index in [1.165, 1.54) is 23.1 Å². The molecule has 1 aliphatic carbocycles. The summed E-state index contributed by atoms with van der Waals surface area (Å²) < 4.78 is 2.30. The summed E-state index contributed by atoms with van der Waals surface area (Å²) in [5.41, 5.74) is 7.47. The largest absolute Gasteiger partial charge is 0.279 e. The summed E-state index contributed by atoms with van der Waals surface area (Å²) in [5.74, 6) is 1.07. The van der Waals surface area contributed by atoms with Crippen LogP contribution in [0.2, 0.25) is 0 Å². The number of nitrogens with zero attached hydrogens (tertiary/aromatic N) is 3. The molecular formula is C30H43N3. The Kier molecular flexibility index (Phi) is 6.68. The first-order chi connectivity index (χ1) is 15.4. The Labute approximate surface area is 200 Å². The summed E-state index contributed by atoms with van der Waals surface area (Å²) in [6.07, 6.45) is 2.41. The average molecular weight is 446 g/mol. The van der Waals surface area contributed by atoms with Crippen LogP contribution in [0.15, 0.2) is 36.4 Å². The number of aromatic nitrogens is 3. The van der Waals surface area contributed by atoms with Crippen LogP contribution in [0.3, 0.4) is 0 Å². The van der Waals surface area contributed by atoms with Crippen LogP contribution < -0.4 is 0 Å². The molecule has 2 aromatic heterocycles. The smallest absolute Gasteiger partial charge is 0.148 e. The van der Waals surface area contributed by atoms with Gasteiger partial charge in [-0.25, -0.2) is 9.97 Å². The maximum absolute atomic E-state index is 5.13. The van der Waals surface area contributed by atoms with Crippen LogP contribution in [0.1, 0.15) is 106 Å². The predicted molar refractivity (Wildman–Crippen MR) is 145 cm³/mol. The van der Waals surface area contributed by atoms with Crippen molar-refractivity contribution in [1.29, 1.82) is 0 Å². The quantitative estimate of drug-likeness (QED) is 0.271. The van der Waals surface area contributed by atoms with Crippen molar-refractivity contribution >= 4 is 27.6 Å². The predicted octanol–water partition coefficient (Wildman–Crippen LogP) is 8.73. The van der Waals surface area contributed by atoms with E-state index in [4.69, 9.17) is 9.97 Å². The summed E-state index contributed by atoms with van der Waals surface area (Å²) in [6.45, 7) is 24.4. The molecule has 2 heterocycles. The number of rotatable bonds is 0. The van der Waals surface area contributed by atoms with Crippen molar-refractivity contribution in [2.24, 2.45) is 0 Å². The van der Waals surface area contributed by atoms with Crippen LogP contribution in [0.4, 0.5) is 0 Å². The summed E-state index contributed by atoms with van der Waals surface area (Å²) in [7, 11) is 0. The molecule has 33 heavy (non-hydrogen) atoms. The summed E-state index contributed by atoms with van der Waals surface area (Å²) in [5, 5.41) is 1.12. The van der Waals surface area contributed by atoms with E-state index in [0.717, 1.165) is 34.3 Å². The lowest BCUT2D eigenvalue weighted by Crippen LogP contribution is -2.19. The molecule has 0 fully saturated rings. The Morgan fingerprint density at radius 1 is 0.848 bits per heavy atom. The van der Waals surface area contributed by atoms with E-state index in [9.17, 15) is 0 Å². The molecule has 0 saturated heterocycles. The van der Waals surface area contributed by atoms with Gasteiger partial charge in [0.2, 0.25) is 0 Å². The lowest BCUT2D eigenvalue weighted by Gasteiger charge is -2.22. The minimum Gasteiger partial charge on any atom is -0.279 e. The van der Waals surface area contributed by atoms with Crippen LogP contribution in [0.25, 0.3) is 27.6 Å². The van der Waals surface area contributed by atoms with Gasteiger partial charge in [-0.15, -0.1) is 0 Å². The van der Waals surface area contributed by atoms with Crippen molar-refractivity contribution in [2.45, 2.75) is 105 Å².